The monoisotopic (exact) mass is 224 g/mol. The van der Waals surface area contributed by atoms with E-state index in [2.05, 4.69) is 5.32 Å². The summed E-state index contributed by atoms with van der Waals surface area (Å²) in [6.45, 7) is 3.60. The molecule has 16 heavy (non-hydrogen) atoms. The molecule has 1 aromatic rings. The van der Waals surface area contributed by atoms with Crippen molar-refractivity contribution in [2.45, 2.75) is 13.3 Å². The molecule has 3 N–H and O–H groups in total. The molecule has 4 heteroatoms. The Bertz CT molecular complexity index is 340. The summed E-state index contributed by atoms with van der Waals surface area (Å²) in [5.74, 6) is 1.49. The minimum absolute atomic E-state index is 0.694. The first kappa shape index (κ1) is 12.6. The molecule has 0 atom stereocenters. The molecule has 0 bridgehead atoms. The summed E-state index contributed by atoms with van der Waals surface area (Å²) in [6, 6.07) is 3.91. The molecule has 0 fully saturated rings. The van der Waals surface area contributed by atoms with Gasteiger partial charge in [0.25, 0.3) is 0 Å². The Labute approximate surface area is 96.7 Å². The highest BCUT2D eigenvalue weighted by atomic mass is 16.5. The van der Waals surface area contributed by atoms with E-state index in [9.17, 15) is 0 Å². The van der Waals surface area contributed by atoms with E-state index in [0.717, 1.165) is 35.7 Å². The Morgan fingerprint density at radius 3 is 2.38 bits per heavy atom. The lowest BCUT2D eigenvalue weighted by atomic mass is 10.1. The van der Waals surface area contributed by atoms with E-state index in [4.69, 9.17) is 15.2 Å². The summed E-state index contributed by atoms with van der Waals surface area (Å²) in [7, 11) is 3.27. The standard InChI is InChI=1S/C12H20N2O2/c1-9-7-11(15-2)12(16-3)8-10(9)14-6-4-5-13/h7-8,14H,4-6,13H2,1-3H3. The van der Waals surface area contributed by atoms with Crippen LogP contribution < -0.4 is 20.5 Å². The van der Waals surface area contributed by atoms with Crippen molar-refractivity contribution in [2.75, 3.05) is 32.6 Å². The van der Waals surface area contributed by atoms with Crippen LogP contribution in [0.5, 0.6) is 11.5 Å². The van der Waals surface area contributed by atoms with Gasteiger partial charge in [-0.05, 0) is 31.5 Å². The summed E-state index contributed by atoms with van der Waals surface area (Å²) < 4.78 is 10.5. The van der Waals surface area contributed by atoms with Crippen LogP contribution in [-0.2, 0) is 0 Å². The average Bonchev–Trinajstić information content (AvgIpc) is 2.31. The predicted molar refractivity (Wildman–Crippen MR) is 66.4 cm³/mol. The van der Waals surface area contributed by atoms with Crippen LogP contribution in [0.3, 0.4) is 0 Å². The molecule has 0 saturated carbocycles. The molecule has 90 valence electrons. The number of hydrogen-bond acceptors (Lipinski definition) is 4. The van der Waals surface area contributed by atoms with Gasteiger partial charge in [-0.1, -0.05) is 0 Å². The van der Waals surface area contributed by atoms with Gasteiger partial charge < -0.3 is 20.5 Å². The van der Waals surface area contributed by atoms with Gasteiger partial charge in [0.15, 0.2) is 11.5 Å². The Kier molecular flexibility index (Phi) is 4.92. The van der Waals surface area contributed by atoms with Gasteiger partial charge in [-0.25, -0.2) is 0 Å². The number of rotatable bonds is 6. The summed E-state index contributed by atoms with van der Waals surface area (Å²) in [5, 5.41) is 3.32. The van der Waals surface area contributed by atoms with Gasteiger partial charge in [-0.2, -0.15) is 0 Å². The molecule has 0 heterocycles. The van der Waals surface area contributed by atoms with Crippen LogP contribution in [-0.4, -0.2) is 27.3 Å². The van der Waals surface area contributed by atoms with Crippen molar-refractivity contribution < 1.29 is 9.47 Å². The van der Waals surface area contributed by atoms with Gasteiger partial charge in [-0.3, -0.25) is 0 Å². The van der Waals surface area contributed by atoms with Gasteiger partial charge in [-0.15, -0.1) is 0 Å². The molecule has 0 amide bonds. The van der Waals surface area contributed by atoms with Gasteiger partial charge >= 0.3 is 0 Å². The molecule has 4 nitrogen and oxygen atoms in total. The first-order valence-corrected chi connectivity index (χ1v) is 5.39. The van der Waals surface area contributed by atoms with Crippen molar-refractivity contribution in [3.63, 3.8) is 0 Å². The SMILES string of the molecule is COc1cc(C)c(NCCCN)cc1OC. The Balaban J connectivity index is 2.84. The van der Waals surface area contributed by atoms with Crippen LogP contribution in [0.1, 0.15) is 12.0 Å². The second-order valence-corrected chi connectivity index (χ2v) is 3.59. The van der Waals surface area contributed by atoms with E-state index >= 15 is 0 Å². The molecule has 1 rings (SSSR count). The fraction of sp³-hybridized carbons (Fsp3) is 0.500. The number of aryl methyl sites for hydroxylation is 1. The molecule has 0 aromatic heterocycles. The van der Waals surface area contributed by atoms with E-state index < -0.39 is 0 Å². The molecule has 0 saturated heterocycles. The molecular weight excluding hydrogens is 204 g/mol. The number of ether oxygens (including phenoxy) is 2. The lowest BCUT2D eigenvalue weighted by Gasteiger charge is -2.14. The van der Waals surface area contributed by atoms with Gasteiger partial charge in [0.2, 0.25) is 0 Å². The van der Waals surface area contributed by atoms with Gasteiger partial charge in [0, 0.05) is 18.3 Å². The van der Waals surface area contributed by atoms with Crippen molar-refractivity contribution >= 4 is 5.69 Å². The lowest BCUT2D eigenvalue weighted by molar-refractivity contribution is 0.355. The maximum Gasteiger partial charge on any atom is 0.162 e. The largest absolute Gasteiger partial charge is 0.493 e. The summed E-state index contributed by atoms with van der Waals surface area (Å²) in [4.78, 5) is 0. The van der Waals surface area contributed by atoms with E-state index in [0.29, 0.717) is 6.54 Å². The van der Waals surface area contributed by atoms with E-state index in [1.54, 1.807) is 14.2 Å². The van der Waals surface area contributed by atoms with Crippen LogP contribution in [0.4, 0.5) is 5.69 Å². The molecule has 1 aromatic carbocycles. The maximum atomic E-state index is 5.45. The van der Waals surface area contributed by atoms with Crippen molar-refractivity contribution in [2.24, 2.45) is 5.73 Å². The third-order valence-electron chi connectivity index (χ3n) is 2.43. The minimum atomic E-state index is 0.694. The molecule has 0 radical (unpaired) electrons. The van der Waals surface area contributed by atoms with Crippen molar-refractivity contribution in [1.29, 1.82) is 0 Å². The summed E-state index contributed by atoms with van der Waals surface area (Å²) in [5.41, 5.74) is 7.64. The lowest BCUT2D eigenvalue weighted by Crippen LogP contribution is -2.09. The second-order valence-electron chi connectivity index (χ2n) is 3.59. The highest BCUT2D eigenvalue weighted by Crippen LogP contribution is 2.32. The smallest absolute Gasteiger partial charge is 0.162 e. The van der Waals surface area contributed by atoms with Crippen LogP contribution in [0.25, 0.3) is 0 Å². The number of anilines is 1. The highest BCUT2D eigenvalue weighted by molar-refractivity contribution is 5.60. The third kappa shape index (κ3) is 3.03. The van der Waals surface area contributed by atoms with Crippen LogP contribution >= 0.6 is 0 Å². The highest BCUT2D eigenvalue weighted by Gasteiger charge is 2.07. The first-order valence-electron chi connectivity index (χ1n) is 5.39. The first-order chi connectivity index (χ1) is 7.72. The number of methoxy groups -OCH3 is 2. The van der Waals surface area contributed by atoms with Crippen LogP contribution in [0, 0.1) is 6.92 Å². The zero-order valence-electron chi connectivity index (χ0n) is 10.2. The fourth-order valence-electron chi connectivity index (χ4n) is 1.50. The van der Waals surface area contributed by atoms with Gasteiger partial charge in [0.1, 0.15) is 0 Å². The zero-order valence-corrected chi connectivity index (χ0v) is 10.2. The zero-order chi connectivity index (χ0) is 12.0. The molecule has 0 aliphatic heterocycles. The topological polar surface area (TPSA) is 56.5 Å². The Morgan fingerprint density at radius 2 is 1.81 bits per heavy atom. The maximum absolute atomic E-state index is 5.45. The minimum Gasteiger partial charge on any atom is -0.493 e. The molecule has 0 spiro atoms. The number of nitrogens with one attached hydrogen (secondary N) is 1. The number of hydrogen-bond donors (Lipinski definition) is 2. The third-order valence-corrected chi connectivity index (χ3v) is 2.43. The fourth-order valence-corrected chi connectivity index (χ4v) is 1.50. The van der Waals surface area contributed by atoms with Crippen LogP contribution in [0.15, 0.2) is 12.1 Å². The Morgan fingerprint density at radius 1 is 1.19 bits per heavy atom. The van der Waals surface area contributed by atoms with Crippen molar-refractivity contribution in [3.8, 4) is 11.5 Å². The van der Waals surface area contributed by atoms with Crippen LogP contribution in [0.2, 0.25) is 0 Å². The quantitative estimate of drug-likeness (QED) is 0.723. The van der Waals surface area contributed by atoms with Crippen molar-refractivity contribution in [1.82, 2.24) is 0 Å². The van der Waals surface area contributed by atoms with E-state index in [1.165, 1.54) is 0 Å². The second kappa shape index (κ2) is 6.23. The molecular formula is C12H20N2O2. The summed E-state index contributed by atoms with van der Waals surface area (Å²) >= 11 is 0. The van der Waals surface area contributed by atoms with Crippen molar-refractivity contribution in [3.05, 3.63) is 17.7 Å². The predicted octanol–water partition coefficient (Wildman–Crippen LogP) is 1.77. The van der Waals surface area contributed by atoms with E-state index in [-0.39, 0.29) is 0 Å². The Hall–Kier alpha value is -1.42. The molecule has 0 aliphatic carbocycles. The molecule has 0 aliphatic rings. The van der Waals surface area contributed by atoms with Gasteiger partial charge in [0.05, 0.1) is 14.2 Å². The summed E-state index contributed by atoms with van der Waals surface area (Å²) in [6.07, 6.45) is 0.952. The normalized spacial score (nSPS) is 10.0. The number of nitrogens with two attached hydrogens (primary N) is 1. The number of benzene rings is 1. The molecule has 0 unspecified atom stereocenters. The van der Waals surface area contributed by atoms with E-state index in [1.807, 2.05) is 19.1 Å². The average molecular weight is 224 g/mol.